The standard InChI is InChI=1S/C32H36N4O3S/c33-29-28(30(37)34-32-36(29)35-31(40-32)25-11-5-2-6-12-25)21-22-8-7-13-27(20-22)39-19-18-38-26-16-14-24(15-17-26)23-9-3-1-4-10-23/h7-8,13-17,20-21,23,25,33H,1-6,9-12,18-19H2/b28-21-,33-29?. The number of hydrazone groups is 1. The Labute approximate surface area is 240 Å². The molecule has 6 rings (SSSR count). The maximum atomic E-state index is 12.8. The number of hydrogen-bond acceptors (Lipinski definition) is 6. The van der Waals surface area contributed by atoms with E-state index in [9.17, 15) is 4.79 Å². The van der Waals surface area contributed by atoms with Crippen molar-refractivity contribution in [1.29, 1.82) is 5.41 Å². The van der Waals surface area contributed by atoms with Gasteiger partial charge in [0.25, 0.3) is 5.91 Å². The number of amidine groups is 2. The van der Waals surface area contributed by atoms with E-state index < -0.39 is 5.91 Å². The molecule has 0 atom stereocenters. The van der Waals surface area contributed by atoms with Gasteiger partial charge in [0.2, 0.25) is 5.17 Å². The van der Waals surface area contributed by atoms with Crippen LogP contribution in [0.4, 0.5) is 0 Å². The van der Waals surface area contributed by atoms with Crippen molar-refractivity contribution < 1.29 is 14.3 Å². The third kappa shape index (κ3) is 6.17. The minimum Gasteiger partial charge on any atom is -0.490 e. The van der Waals surface area contributed by atoms with E-state index in [1.807, 2.05) is 24.3 Å². The molecular formula is C32H36N4O3S. The normalized spacial score (nSPS) is 21.3. The second-order valence-electron chi connectivity index (χ2n) is 11.0. The molecule has 2 aliphatic carbocycles. The number of hydrogen-bond donors (Lipinski definition) is 1. The van der Waals surface area contributed by atoms with E-state index in [1.54, 1.807) is 6.08 Å². The van der Waals surface area contributed by atoms with E-state index in [0.717, 1.165) is 29.2 Å². The highest BCUT2D eigenvalue weighted by Crippen LogP contribution is 2.36. The average molecular weight is 557 g/mol. The molecule has 1 amide bonds. The van der Waals surface area contributed by atoms with Crippen LogP contribution in [0, 0.1) is 11.3 Å². The molecule has 2 aliphatic heterocycles. The number of benzene rings is 2. The molecule has 2 aromatic rings. The van der Waals surface area contributed by atoms with Gasteiger partial charge in [0.1, 0.15) is 29.8 Å². The van der Waals surface area contributed by atoms with Crippen LogP contribution in [0.3, 0.4) is 0 Å². The van der Waals surface area contributed by atoms with Gasteiger partial charge in [-0.2, -0.15) is 15.1 Å². The van der Waals surface area contributed by atoms with Crippen molar-refractivity contribution in [2.45, 2.75) is 70.1 Å². The maximum Gasteiger partial charge on any atom is 0.283 e. The number of thioether (sulfide) groups is 1. The number of rotatable bonds is 8. The van der Waals surface area contributed by atoms with Gasteiger partial charge >= 0.3 is 0 Å². The third-order valence-electron chi connectivity index (χ3n) is 8.17. The average Bonchev–Trinajstić information content (AvgIpc) is 3.43. The first kappa shape index (κ1) is 26.8. The fourth-order valence-electron chi connectivity index (χ4n) is 5.97. The van der Waals surface area contributed by atoms with Crippen LogP contribution in [0.15, 0.2) is 64.2 Å². The predicted octanol–water partition coefficient (Wildman–Crippen LogP) is 7.39. The topological polar surface area (TPSA) is 87.3 Å². The van der Waals surface area contributed by atoms with Gasteiger partial charge in [-0.1, -0.05) is 62.8 Å². The van der Waals surface area contributed by atoms with Crippen molar-refractivity contribution in [3.05, 3.63) is 65.2 Å². The molecule has 208 valence electrons. The van der Waals surface area contributed by atoms with Crippen molar-refractivity contribution in [3.8, 4) is 11.5 Å². The van der Waals surface area contributed by atoms with E-state index >= 15 is 0 Å². The summed E-state index contributed by atoms with van der Waals surface area (Å²) in [6, 6.07) is 16.0. The zero-order chi connectivity index (χ0) is 27.3. The van der Waals surface area contributed by atoms with Gasteiger partial charge in [0, 0.05) is 5.92 Å². The SMILES string of the molecule is N=C1/C(=C/c2cccc(OCCOc3ccc(C4CCCCC4)cc3)c2)C(=O)N=C2SC(C3CCCCC3)=NN12. The molecule has 0 radical (unpaired) electrons. The van der Waals surface area contributed by atoms with Crippen LogP contribution in [0.5, 0.6) is 11.5 Å². The first-order valence-electron chi connectivity index (χ1n) is 14.6. The molecule has 2 fully saturated rings. The van der Waals surface area contributed by atoms with Crippen LogP contribution in [-0.4, -0.2) is 40.2 Å². The van der Waals surface area contributed by atoms with Gasteiger partial charge in [0.05, 0.1) is 5.57 Å². The molecule has 0 spiro atoms. The molecule has 0 bridgehead atoms. The summed E-state index contributed by atoms with van der Waals surface area (Å²) in [5.41, 5.74) is 2.42. The number of amides is 1. The van der Waals surface area contributed by atoms with Crippen LogP contribution < -0.4 is 9.47 Å². The first-order chi connectivity index (χ1) is 19.6. The zero-order valence-electron chi connectivity index (χ0n) is 22.8. The number of carbonyl (C=O) groups excluding carboxylic acids is 1. The molecule has 8 heteroatoms. The summed E-state index contributed by atoms with van der Waals surface area (Å²) in [6.07, 6.45) is 14.2. The molecule has 2 heterocycles. The summed E-state index contributed by atoms with van der Waals surface area (Å²) < 4.78 is 11.8. The van der Waals surface area contributed by atoms with Crippen LogP contribution >= 0.6 is 11.8 Å². The lowest BCUT2D eigenvalue weighted by Gasteiger charge is -2.22. The quantitative estimate of drug-likeness (QED) is 0.271. The number of aliphatic imine (C=N–C) groups is 1. The van der Waals surface area contributed by atoms with Crippen LogP contribution in [-0.2, 0) is 4.79 Å². The van der Waals surface area contributed by atoms with Crippen molar-refractivity contribution in [2.75, 3.05) is 13.2 Å². The number of ether oxygens (including phenoxy) is 2. The Morgan fingerprint density at radius 2 is 1.55 bits per heavy atom. The Morgan fingerprint density at radius 3 is 2.27 bits per heavy atom. The zero-order valence-corrected chi connectivity index (χ0v) is 23.6. The smallest absolute Gasteiger partial charge is 0.283 e. The fourth-order valence-corrected chi connectivity index (χ4v) is 7.03. The van der Waals surface area contributed by atoms with Crippen LogP contribution in [0.1, 0.15) is 81.3 Å². The third-order valence-corrected chi connectivity index (χ3v) is 9.24. The highest BCUT2D eigenvalue weighted by Gasteiger charge is 2.37. The highest BCUT2D eigenvalue weighted by atomic mass is 32.2. The lowest BCUT2D eigenvalue weighted by atomic mass is 9.84. The van der Waals surface area contributed by atoms with Gasteiger partial charge < -0.3 is 9.47 Å². The Hall–Kier alpha value is -3.39. The van der Waals surface area contributed by atoms with Crippen LogP contribution in [0.25, 0.3) is 6.08 Å². The number of carbonyl (C=O) groups is 1. The number of fused-ring (bicyclic) bond motifs is 1. The Bertz CT molecular complexity index is 1340. The summed E-state index contributed by atoms with van der Waals surface area (Å²) in [4.78, 5) is 17.1. The van der Waals surface area contributed by atoms with Gasteiger partial charge in [0.15, 0.2) is 5.84 Å². The molecule has 7 nitrogen and oxygen atoms in total. The lowest BCUT2D eigenvalue weighted by molar-refractivity contribution is -0.114. The first-order valence-corrected chi connectivity index (χ1v) is 15.4. The van der Waals surface area contributed by atoms with Crippen molar-refractivity contribution in [3.63, 3.8) is 0 Å². The molecule has 0 aromatic heterocycles. The second kappa shape index (κ2) is 12.4. The summed E-state index contributed by atoms with van der Waals surface area (Å²) in [7, 11) is 0. The Balaban J connectivity index is 1.04. The van der Waals surface area contributed by atoms with Gasteiger partial charge in [-0.3, -0.25) is 10.2 Å². The minimum absolute atomic E-state index is 0.0718. The summed E-state index contributed by atoms with van der Waals surface area (Å²) in [6.45, 7) is 0.832. The van der Waals surface area contributed by atoms with Gasteiger partial charge in [-0.15, -0.1) is 0 Å². The molecule has 1 N–H and O–H groups in total. The Morgan fingerprint density at radius 1 is 0.875 bits per heavy atom. The molecule has 40 heavy (non-hydrogen) atoms. The highest BCUT2D eigenvalue weighted by molar-refractivity contribution is 8.27. The maximum absolute atomic E-state index is 12.8. The lowest BCUT2D eigenvalue weighted by Crippen LogP contribution is -2.35. The molecular weight excluding hydrogens is 520 g/mol. The largest absolute Gasteiger partial charge is 0.490 e. The van der Waals surface area contributed by atoms with E-state index in [4.69, 9.17) is 14.9 Å². The summed E-state index contributed by atoms with van der Waals surface area (Å²) in [5.74, 6) is 2.29. The van der Waals surface area contributed by atoms with Crippen molar-refractivity contribution >= 4 is 39.8 Å². The summed E-state index contributed by atoms with van der Waals surface area (Å²) >= 11 is 1.44. The number of nitrogens with zero attached hydrogens (tertiary/aromatic N) is 3. The molecule has 0 unspecified atom stereocenters. The van der Waals surface area contributed by atoms with E-state index in [1.165, 1.54) is 73.7 Å². The van der Waals surface area contributed by atoms with E-state index in [2.05, 4.69) is 34.4 Å². The van der Waals surface area contributed by atoms with Crippen LogP contribution in [0.2, 0.25) is 0 Å². The molecule has 2 aromatic carbocycles. The van der Waals surface area contributed by atoms with Gasteiger partial charge in [-0.25, -0.2) is 0 Å². The summed E-state index contributed by atoms with van der Waals surface area (Å²) in [5, 5.41) is 16.4. The van der Waals surface area contributed by atoms with E-state index in [0.29, 0.717) is 36.0 Å². The fraction of sp³-hybridized carbons (Fsp3) is 0.438. The Kier molecular flexibility index (Phi) is 8.32. The van der Waals surface area contributed by atoms with Crippen molar-refractivity contribution in [1.82, 2.24) is 5.01 Å². The second-order valence-corrected chi connectivity index (χ2v) is 12.0. The predicted molar refractivity (Wildman–Crippen MR) is 161 cm³/mol. The molecule has 0 saturated heterocycles. The molecule has 2 saturated carbocycles. The molecule has 4 aliphatic rings. The van der Waals surface area contributed by atoms with E-state index in [-0.39, 0.29) is 11.4 Å². The number of nitrogens with one attached hydrogen (secondary N) is 1. The van der Waals surface area contributed by atoms with Crippen molar-refractivity contribution in [2.24, 2.45) is 16.0 Å². The van der Waals surface area contributed by atoms with Gasteiger partial charge in [-0.05, 0) is 84.8 Å². The minimum atomic E-state index is -0.405. The monoisotopic (exact) mass is 556 g/mol.